The Balaban J connectivity index is 1.80. The lowest BCUT2D eigenvalue weighted by Gasteiger charge is -2.07. The summed E-state index contributed by atoms with van der Waals surface area (Å²) in [5.74, 6) is 0.572. The molecule has 8 heteroatoms. The van der Waals surface area contributed by atoms with Crippen molar-refractivity contribution < 1.29 is 13.9 Å². The van der Waals surface area contributed by atoms with Gasteiger partial charge in [0.1, 0.15) is 23.5 Å². The average Bonchev–Trinajstić information content (AvgIpc) is 3.24. The lowest BCUT2D eigenvalue weighted by Crippen LogP contribution is -2.07. The van der Waals surface area contributed by atoms with Crippen LogP contribution in [0.15, 0.2) is 53.4 Å². The van der Waals surface area contributed by atoms with E-state index in [0.717, 1.165) is 11.3 Å². The minimum atomic E-state index is -0.310. The second-order valence-corrected chi connectivity index (χ2v) is 5.64. The summed E-state index contributed by atoms with van der Waals surface area (Å²) in [6.07, 6.45) is 5.55. The molecule has 0 radical (unpaired) electrons. The van der Waals surface area contributed by atoms with E-state index in [0.29, 0.717) is 36.1 Å². The lowest BCUT2D eigenvalue weighted by molar-refractivity contribution is 0.292. The van der Waals surface area contributed by atoms with Gasteiger partial charge in [-0.3, -0.25) is 4.40 Å². The van der Waals surface area contributed by atoms with Gasteiger partial charge in [0.05, 0.1) is 5.69 Å². The molecular weight excluding hydrogens is 337 g/mol. The molecule has 0 saturated heterocycles. The van der Waals surface area contributed by atoms with Crippen LogP contribution in [-0.4, -0.2) is 37.6 Å². The highest BCUT2D eigenvalue weighted by atomic mass is 19.1. The van der Waals surface area contributed by atoms with E-state index in [4.69, 9.17) is 9.52 Å². The Morgan fingerprint density at radius 3 is 2.81 bits per heavy atom. The van der Waals surface area contributed by atoms with Crippen molar-refractivity contribution in [2.45, 2.75) is 6.42 Å². The van der Waals surface area contributed by atoms with Gasteiger partial charge in [-0.25, -0.2) is 14.4 Å². The molecule has 4 aromatic rings. The first-order chi connectivity index (χ1) is 12.8. The van der Waals surface area contributed by atoms with Crippen molar-refractivity contribution in [3.8, 4) is 22.6 Å². The molecule has 0 amide bonds. The van der Waals surface area contributed by atoms with Gasteiger partial charge in [0.25, 0.3) is 0 Å². The number of fused-ring (bicyclic) bond motifs is 1. The van der Waals surface area contributed by atoms with Gasteiger partial charge >= 0.3 is 5.84 Å². The third-order valence-electron chi connectivity index (χ3n) is 3.90. The van der Waals surface area contributed by atoms with Crippen molar-refractivity contribution in [3.05, 3.63) is 54.8 Å². The zero-order chi connectivity index (χ0) is 17.9. The third kappa shape index (κ3) is 3.02. The molecule has 4 rings (SSSR count). The first kappa shape index (κ1) is 16.2. The monoisotopic (exact) mass is 353 g/mol. The van der Waals surface area contributed by atoms with E-state index in [9.17, 15) is 4.39 Å². The fraction of sp³-hybridized carbons (Fsp3) is 0.167. The van der Waals surface area contributed by atoms with Crippen LogP contribution in [0.25, 0.3) is 28.5 Å². The van der Waals surface area contributed by atoms with Crippen LogP contribution in [0.5, 0.6) is 0 Å². The summed E-state index contributed by atoms with van der Waals surface area (Å²) in [7, 11) is 0. The quantitative estimate of drug-likeness (QED) is 0.518. The lowest BCUT2D eigenvalue weighted by atomic mass is 10.1. The minimum Gasteiger partial charge on any atom is -0.432 e. The van der Waals surface area contributed by atoms with E-state index in [1.165, 1.54) is 12.1 Å². The zero-order valence-electron chi connectivity index (χ0n) is 13.8. The van der Waals surface area contributed by atoms with Crippen LogP contribution in [0.3, 0.4) is 0 Å². The van der Waals surface area contributed by atoms with Gasteiger partial charge in [0, 0.05) is 31.1 Å². The van der Waals surface area contributed by atoms with Crippen LogP contribution in [0.2, 0.25) is 0 Å². The number of halogens is 1. The smallest absolute Gasteiger partial charge is 0.306 e. The van der Waals surface area contributed by atoms with E-state index in [-0.39, 0.29) is 12.4 Å². The Kier molecular flexibility index (Phi) is 4.32. The van der Waals surface area contributed by atoms with Crippen molar-refractivity contribution >= 4 is 11.8 Å². The van der Waals surface area contributed by atoms with Crippen LogP contribution >= 0.6 is 0 Å². The summed E-state index contributed by atoms with van der Waals surface area (Å²) in [5, 5.41) is 12.0. The van der Waals surface area contributed by atoms with Crippen LogP contribution in [0.4, 0.5) is 10.3 Å². The maximum atomic E-state index is 13.3. The Morgan fingerprint density at radius 2 is 2.00 bits per heavy atom. The first-order valence-electron chi connectivity index (χ1n) is 8.16. The van der Waals surface area contributed by atoms with Crippen LogP contribution in [0, 0.1) is 5.82 Å². The number of hydrogen-bond donors (Lipinski definition) is 2. The molecule has 1 aromatic carbocycles. The molecule has 0 aliphatic carbocycles. The van der Waals surface area contributed by atoms with E-state index in [1.54, 1.807) is 41.3 Å². The minimum absolute atomic E-state index is 0.0969. The summed E-state index contributed by atoms with van der Waals surface area (Å²) in [5.41, 5.74) is 2.78. The number of aliphatic hydroxyl groups is 1. The molecule has 0 bridgehead atoms. The SMILES string of the molecule is OCCCNc1nccc(-c2c(-c3ccc(F)cc3)nc3occn23)n1. The maximum Gasteiger partial charge on any atom is 0.306 e. The second kappa shape index (κ2) is 6.93. The van der Waals surface area contributed by atoms with Crippen molar-refractivity contribution in [2.75, 3.05) is 18.5 Å². The van der Waals surface area contributed by atoms with E-state index in [1.807, 2.05) is 0 Å². The largest absolute Gasteiger partial charge is 0.432 e. The number of imidazole rings is 1. The molecule has 0 fully saturated rings. The number of benzene rings is 1. The summed E-state index contributed by atoms with van der Waals surface area (Å²) >= 11 is 0. The molecule has 132 valence electrons. The number of nitrogens with one attached hydrogen (secondary N) is 1. The van der Waals surface area contributed by atoms with E-state index >= 15 is 0 Å². The standard InChI is InChI=1S/C18H16FN5O2/c19-13-4-2-12(3-5-13)15-16(24-9-11-26-18(24)23-15)14-6-8-21-17(22-14)20-7-1-10-25/h2-6,8-9,11,25H,1,7,10H2,(H,20,21,22). The summed E-state index contributed by atoms with van der Waals surface area (Å²) in [6, 6.07) is 7.90. The highest BCUT2D eigenvalue weighted by Gasteiger charge is 2.19. The highest BCUT2D eigenvalue weighted by Crippen LogP contribution is 2.32. The van der Waals surface area contributed by atoms with E-state index < -0.39 is 0 Å². The molecular formula is C18H16FN5O2. The number of anilines is 1. The van der Waals surface area contributed by atoms with Crippen LogP contribution in [-0.2, 0) is 0 Å². The summed E-state index contributed by atoms with van der Waals surface area (Å²) in [6.45, 7) is 0.665. The van der Waals surface area contributed by atoms with Gasteiger partial charge in [-0.2, -0.15) is 4.98 Å². The number of aliphatic hydroxyl groups excluding tert-OH is 1. The van der Waals surface area contributed by atoms with Crippen LogP contribution < -0.4 is 5.32 Å². The number of aromatic nitrogens is 4. The van der Waals surface area contributed by atoms with Gasteiger partial charge in [-0.1, -0.05) is 0 Å². The molecule has 3 aromatic heterocycles. The van der Waals surface area contributed by atoms with Gasteiger partial charge in [0.15, 0.2) is 0 Å². The molecule has 2 N–H and O–H groups in total. The van der Waals surface area contributed by atoms with Gasteiger partial charge in [-0.05, 0) is 36.8 Å². The molecule has 0 saturated carbocycles. The predicted molar refractivity (Wildman–Crippen MR) is 94.1 cm³/mol. The Bertz CT molecular complexity index is 1030. The Hall–Kier alpha value is -3.26. The Morgan fingerprint density at radius 1 is 1.15 bits per heavy atom. The molecule has 0 spiro atoms. The Labute approximate surface area is 148 Å². The normalized spacial score (nSPS) is 11.2. The summed E-state index contributed by atoms with van der Waals surface area (Å²) < 4.78 is 20.5. The van der Waals surface area contributed by atoms with Gasteiger partial charge in [0.2, 0.25) is 5.95 Å². The van der Waals surface area contributed by atoms with Crippen molar-refractivity contribution in [1.29, 1.82) is 0 Å². The highest BCUT2D eigenvalue weighted by molar-refractivity contribution is 5.79. The van der Waals surface area contributed by atoms with Crippen LogP contribution in [0.1, 0.15) is 6.42 Å². The third-order valence-corrected chi connectivity index (χ3v) is 3.90. The maximum absolute atomic E-state index is 13.3. The number of hydrogen-bond acceptors (Lipinski definition) is 6. The molecule has 0 atom stereocenters. The van der Waals surface area contributed by atoms with Crippen molar-refractivity contribution in [2.24, 2.45) is 0 Å². The second-order valence-electron chi connectivity index (χ2n) is 5.64. The molecule has 3 heterocycles. The molecule has 7 nitrogen and oxygen atoms in total. The van der Waals surface area contributed by atoms with Gasteiger partial charge in [-0.15, -0.1) is 0 Å². The molecule has 0 aliphatic heterocycles. The number of rotatable bonds is 6. The fourth-order valence-corrected chi connectivity index (χ4v) is 2.69. The number of oxazole rings is 1. The van der Waals surface area contributed by atoms with E-state index in [2.05, 4.69) is 20.3 Å². The summed E-state index contributed by atoms with van der Waals surface area (Å²) in [4.78, 5) is 13.3. The molecule has 0 unspecified atom stereocenters. The molecule has 0 aliphatic rings. The topological polar surface area (TPSA) is 88.5 Å². The predicted octanol–water partition coefficient (Wildman–Crippen LogP) is 2.98. The number of nitrogens with zero attached hydrogens (tertiary/aromatic N) is 4. The van der Waals surface area contributed by atoms with Gasteiger partial charge < -0.3 is 14.8 Å². The van der Waals surface area contributed by atoms with Crippen molar-refractivity contribution in [1.82, 2.24) is 19.4 Å². The average molecular weight is 353 g/mol. The first-order valence-corrected chi connectivity index (χ1v) is 8.16. The fourth-order valence-electron chi connectivity index (χ4n) is 2.69. The molecule has 26 heavy (non-hydrogen) atoms. The zero-order valence-corrected chi connectivity index (χ0v) is 13.8. The van der Waals surface area contributed by atoms with Crippen molar-refractivity contribution in [3.63, 3.8) is 0 Å².